The number of aliphatic hydroxyl groups excluding tert-OH is 1. The van der Waals surface area contributed by atoms with Crippen LogP contribution in [-0.4, -0.2) is 15.3 Å². The van der Waals surface area contributed by atoms with Gasteiger partial charge in [0, 0.05) is 11.6 Å². The Kier molecular flexibility index (Phi) is 3.50. The van der Waals surface area contributed by atoms with E-state index in [4.69, 9.17) is 0 Å². The van der Waals surface area contributed by atoms with Crippen LogP contribution in [0.3, 0.4) is 0 Å². The highest BCUT2D eigenvalue weighted by atomic mass is 19.1. The summed E-state index contributed by atoms with van der Waals surface area (Å²) in [5, 5.41) is 17.1. The molecule has 0 spiro atoms. The van der Waals surface area contributed by atoms with Gasteiger partial charge in [-0.1, -0.05) is 30.3 Å². The van der Waals surface area contributed by atoms with Crippen molar-refractivity contribution in [2.75, 3.05) is 0 Å². The van der Waals surface area contributed by atoms with Crippen molar-refractivity contribution in [2.45, 2.75) is 6.10 Å². The number of hydrogen-bond donors (Lipinski definition) is 2. The van der Waals surface area contributed by atoms with Crippen molar-refractivity contribution >= 4 is 0 Å². The van der Waals surface area contributed by atoms with Gasteiger partial charge in [-0.3, -0.25) is 5.10 Å². The highest BCUT2D eigenvalue weighted by Gasteiger charge is 2.19. The second kappa shape index (κ2) is 5.46. The number of aromatic amines is 1. The molecule has 3 aromatic rings. The third-order valence-corrected chi connectivity index (χ3v) is 3.23. The van der Waals surface area contributed by atoms with Crippen molar-refractivity contribution in [2.24, 2.45) is 0 Å². The summed E-state index contributed by atoms with van der Waals surface area (Å²) in [4.78, 5) is 0. The third kappa shape index (κ3) is 2.68. The molecule has 1 heterocycles. The van der Waals surface area contributed by atoms with Gasteiger partial charge < -0.3 is 5.11 Å². The zero-order valence-electron chi connectivity index (χ0n) is 10.9. The smallest absolute Gasteiger partial charge is 0.126 e. The Morgan fingerprint density at radius 2 is 1.67 bits per heavy atom. The van der Waals surface area contributed by atoms with E-state index in [1.165, 1.54) is 6.20 Å². The molecular formula is C16H12F2N2O. The van der Waals surface area contributed by atoms with E-state index in [1.54, 1.807) is 0 Å². The van der Waals surface area contributed by atoms with Crippen LogP contribution in [0.4, 0.5) is 8.78 Å². The summed E-state index contributed by atoms with van der Waals surface area (Å²) < 4.78 is 26.6. The average Bonchev–Trinajstić information content (AvgIpc) is 2.95. The number of halogens is 2. The monoisotopic (exact) mass is 286 g/mol. The van der Waals surface area contributed by atoms with Crippen LogP contribution < -0.4 is 0 Å². The Bertz CT molecular complexity index is 736. The molecule has 0 amide bonds. The lowest BCUT2D eigenvalue weighted by Crippen LogP contribution is -2.02. The molecular weight excluding hydrogens is 274 g/mol. The number of aromatic nitrogens is 2. The van der Waals surface area contributed by atoms with E-state index in [0.29, 0.717) is 11.3 Å². The number of hydrogen-bond acceptors (Lipinski definition) is 2. The first kappa shape index (κ1) is 13.5. The van der Waals surface area contributed by atoms with Gasteiger partial charge >= 0.3 is 0 Å². The topological polar surface area (TPSA) is 48.9 Å². The zero-order chi connectivity index (χ0) is 14.8. The molecule has 3 rings (SSSR count). The molecule has 0 saturated carbocycles. The van der Waals surface area contributed by atoms with Crippen molar-refractivity contribution < 1.29 is 13.9 Å². The molecule has 0 aliphatic carbocycles. The van der Waals surface area contributed by atoms with Gasteiger partial charge in [-0.15, -0.1) is 0 Å². The second-order valence-corrected chi connectivity index (χ2v) is 4.67. The molecule has 0 bridgehead atoms. The van der Waals surface area contributed by atoms with Crippen molar-refractivity contribution in [3.8, 4) is 11.3 Å². The van der Waals surface area contributed by atoms with Crippen molar-refractivity contribution in [3.63, 3.8) is 0 Å². The Balaban J connectivity index is 2.03. The Hall–Kier alpha value is -2.53. The van der Waals surface area contributed by atoms with Crippen LogP contribution in [0.2, 0.25) is 0 Å². The fourth-order valence-corrected chi connectivity index (χ4v) is 2.25. The van der Waals surface area contributed by atoms with Gasteiger partial charge in [0.05, 0.1) is 11.9 Å². The lowest BCUT2D eigenvalue weighted by Gasteiger charge is -2.12. The average molecular weight is 286 g/mol. The molecule has 0 aliphatic rings. The molecule has 3 nitrogen and oxygen atoms in total. The number of benzene rings is 2. The minimum absolute atomic E-state index is 0.145. The first-order valence-electron chi connectivity index (χ1n) is 6.38. The summed E-state index contributed by atoms with van der Waals surface area (Å²) in [5.74, 6) is -1.46. The van der Waals surface area contributed by atoms with Crippen molar-refractivity contribution in [1.82, 2.24) is 10.2 Å². The van der Waals surface area contributed by atoms with Gasteiger partial charge in [-0.05, 0) is 23.3 Å². The summed E-state index contributed by atoms with van der Waals surface area (Å²) in [5.41, 5.74) is 2.06. The molecule has 2 aromatic carbocycles. The number of nitrogens with one attached hydrogen (secondary N) is 1. The SMILES string of the molecule is OC(c1cc(F)cc(F)c1)c1cn[nH]c1-c1ccccc1. The first-order chi connectivity index (χ1) is 10.1. The van der Waals surface area contributed by atoms with Crippen LogP contribution in [0.25, 0.3) is 11.3 Å². The van der Waals surface area contributed by atoms with Gasteiger partial charge in [0.2, 0.25) is 0 Å². The summed E-state index contributed by atoms with van der Waals surface area (Å²) >= 11 is 0. The highest BCUT2D eigenvalue weighted by molar-refractivity contribution is 5.63. The molecule has 1 unspecified atom stereocenters. The molecule has 0 aliphatic heterocycles. The molecule has 5 heteroatoms. The van der Waals surface area contributed by atoms with Crippen LogP contribution in [0, 0.1) is 11.6 Å². The van der Waals surface area contributed by atoms with Crippen LogP contribution in [-0.2, 0) is 0 Å². The molecule has 0 saturated heterocycles. The normalized spacial score (nSPS) is 12.3. The minimum Gasteiger partial charge on any atom is -0.384 e. The Morgan fingerprint density at radius 3 is 2.33 bits per heavy atom. The lowest BCUT2D eigenvalue weighted by atomic mass is 9.99. The van der Waals surface area contributed by atoms with E-state index in [0.717, 1.165) is 23.8 Å². The van der Waals surface area contributed by atoms with Crippen LogP contribution in [0.1, 0.15) is 17.2 Å². The number of aliphatic hydroxyl groups is 1. The Morgan fingerprint density at radius 1 is 1.00 bits per heavy atom. The maximum Gasteiger partial charge on any atom is 0.126 e. The lowest BCUT2D eigenvalue weighted by molar-refractivity contribution is 0.220. The summed E-state index contributed by atoms with van der Waals surface area (Å²) in [6.07, 6.45) is 0.291. The number of nitrogens with zero attached hydrogens (tertiary/aromatic N) is 1. The van der Waals surface area contributed by atoms with Crippen LogP contribution >= 0.6 is 0 Å². The van der Waals surface area contributed by atoms with Gasteiger partial charge in [-0.25, -0.2) is 8.78 Å². The van der Waals surface area contributed by atoms with Crippen LogP contribution in [0.5, 0.6) is 0 Å². The summed E-state index contributed by atoms with van der Waals surface area (Å²) in [7, 11) is 0. The fraction of sp³-hybridized carbons (Fsp3) is 0.0625. The molecule has 0 radical (unpaired) electrons. The molecule has 2 N–H and O–H groups in total. The predicted molar refractivity (Wildman–Crippen MR) is 74.4 cm³/mol. The van der Waals surface area contributed by atoms with Gasteiger partial charge in [0.25, 0.3) is 0 Å². The Labute approximate surface area is 119 Å². The van der Waals surface area contributed by atoms with Gasteiger partial charge in [0.15, 0.2) is 0 Å². The van der Waals surface area contributed by atoms with E-state index in [2.05, 4.69) is 10.2 Å². The van der Waals surface area contributed by atoms with E-state index in [9.17, 15) is 13.9 Å². The van der Waals surface area contributed by atoms with Crippen molar-refractivity contribution in [1.29, 1.82) is 0 Å². The van der Waals surface area contributed by atoms with Gasteiger partial charge in [-0.2, -0.15) is 5.10 Å². The van der Waals surface area contributed by atoms with Crippen molar-refractivity contribution in [3.05, 3.63) is 77.5 Å². The van der Waals surface area contributed by atoms with Gasteiger partial charge in [0.1, 0.15) is 17.7 Å². The number of rotatable bonds is 3. The minimum atomic E-state index is -1.16. The fourth-order valence-electron chi connectivity index (χ4n) is 2.25. The van der Waals surface area contributed by atoms with E-state index >= 15 is 0 Å². The molecule has 21 heavy (non-hydrogen) atoms. The molecule has 106 valence electrons. The third-order valence-electron chi connectivity index (χ3n) is 3.23. The maximum absolute atomic E-state index is 13.3. The highest BCUT2D eigenvalue weighted by Crippen LogP contribution is 2.30. The quantitative estimate of drug-likeness (QED) is 0.775. The molecule has 1 atom stereocenters. The largest absolute Gasteiger partial charge is 0.384 e. The van der Waals surface area contributed by atoms with Crippen LogP contribution in [0.15, 0.2) is 54.7 Å². The standard InChI is InChI=1S/C16H12F2N2O/c17-12-6-11(7-13(18)8-12)16(21)14-9-19-20-15(14)10-4-2-1-3-5-10/h1-9,16,21H,(H,19,20). The zero-order valence-corrected chi connectivity index (χ0v) is 10.9. The van der Waals surface area contributed by atoms with E-state index < -0.39 is 17.7 Å². The second-order valence-electron chi connectivity index (χ2n) is 4.67. The number of H-pyrrole nitrogens is 1. The predicted octanol–water partition coefficient (Wildman–Crippen LogP) is 3.44. The van der Waals surface area contributed by atoms with E-state index in [-0.39, 0.29) is 5.56 Å². The molecule has 1 aromatic heterocycles. The molecule has 0 fully saturated rings. The van der Waals surface area contributed by atoms with E-state index in [1.807, 2.05) is 30.3 Å². The maximum atomic E-state index is 13.3. The summed E-state index contributed by atoms with van der Waals surface area (Å²) in [6.45, 7) is 0. The summed E-state index contributed by atoms with van der Waals surface area (Å²) in [6, 6.07) is 12.3. The first-order valence-corrected chi connectivity index (χ1v) is 6.38.